The molecule has 0 unspecified atom stereocenters. The first-order valence-corrected chi connectivity index (χ1v) is 11.7. The summed E-state index contributed by atoms with van der Waals surface area (Å²) in [5.74, 6) is -0.938. The van der Waals surface area contributed by atoms with Crippen LogP contribution in [0.3, 0.4) is 0 Å². The molecule has 0 bridgehead atoms. The smallest absolute Gasteiger partial charge is 0.396 e. The van der Waals surface area contributed by atoms with Crippen molar-refractivity contribution >= 4 is 17.4 Å². The molecule has 0 spiro atoms. The van der Waals surface area contributed by atoms with Crippen LogP contribution in [-0.2, 0) is 22.6 Å². The summed E-state index contributed by atoms with van der Waals surface area (Å²) < 4.78 is 94.3. The van der Waals surface area contributed by atoms with E-state index in [1.807, 2.05) is 0 Å². The average Bonchev–Trinajstić information content (AvgIpc) is 2.87. The van der Waals surface area contributed by atoms with Crippen LogP contribution >= 0.6 is 0 Å². The van der Waals surface area contributed by atoms with Gasteiger partial charge in [0.05, 0.1) is 28.4 Å². The van der Waals surface area contributed by atoms with E-state index < -0.39 is 46.2 Å². The van der Waals surface area contributed by atoms with Crippen LogP contribution in [0.5, 0.6) is 0 Å². The molecule has 0 fully saturated rings. The third-order valence-corrected chi connectivity index (χ3v) is 6.19. The number of aliphatic hydroxyl groups is 1. The molecule has 0 aliphatic carbocycles. The average molecular weight is 558 g/mol. The van der Waals surface area contributed by atoms with Gasteiger partial charge in [0.15, 0.2) is 0 Å². The Morgan fingerprint density at radius 1 is 0.923 bits per heavy atom. The summed E-state index contributed by atoms with van der Waals surface area (Å²) in [5, 5.41) is 12.0. The van der Waals surface area contributed by atoms with Gasteiger partial charge in [0, 0.05) is 25.8 Å². The van der Waals surface area contributed by atoms with Gasteiger partial charge in [-0.15, -0.1) is 0 Å². The number of anilines is 2. The van der Waals surface area contributed by atoms with Crippen molar-refractivity contribution in [1.82, 2.24) is 4.98 Å². The highest BCUT2D eigenvalue weighted by Crippen LogP contribution is 2.40. The molecule has 3 rings (SSSR count). The highest BCUT2D eigenvalue weighted by Gasteiger charge is 2.41. The Morgan fingerprint density at radius 3 is 1.97 bits per heavy atom. The van der Waals surface area contributed by atoms with Gasteiger partial charge in [0.1, 0.15) is 11.6 Å². The van der Waals surface area contributed by atoms with Crippen LogP contribution in [0.1, 0.15) is 37.0 Å². The summed E-state index contributed by atoms with van der Waals surface area (Å²) in [4.78, 5) is 19.0. The van der Waals surface area contributed by atoms with E-state index in [1.54, 1.807) is 6.07 Å². The first kappa shape index (κ1) is 29.9. The van der Waals surface area contributed by atoms with Crippen molar-refractivity contribution in [2.75, 3.05) is 30.4 Å². The van der Waals surface area contributed by atoms with Gasteiger partial charge in [0.25, 0.3) is 0 Å². The van der Waals surface area contributed by atoms with Gasteiger partial charge >= 0.3 is 12.4 Å². The number of carbonyl (C=O) groups excluding carboxylic acids is 1. The summed E-state index contributed by atoms with van der Waals surface area (Å²) in [6.07, 6.45) is -8.39. The largest absolute Gasteiger partial charge is 0.416 e. The van der Waals surface area contributed by atoms with Crippen molar-refractivity contribution in [3.8, 4) is 11.1 Å². The van der Waals surface area contributed by atoms with Crippen molar-refractivity contribution in [2.45, 2.75) is 38.0 Å². The van der Waals surface area contributed by atoms with E-state index in [-0.39, 0.29) is 18.4 Å². The molecule has 2 N–H and O–H groups in total. The summed E-state index contributed by atoms with van der Waals surface area (Å²) in [5.41, 5.74) is -4.27. The molecule has 0 radical (unpaired) electrons. The highest BCUT2D eigenvalue weighted by molar-refractivity contribution is 6.03. The van der Waals surface area contributed by atoms with Crippen LogP contribution in [0.2, 0.25) is 0 Å². The molecule has 210 valence electrons. The number of likely N-dealkylation sites (N-methyl/N-ethyl adjacent to an activating group) is 1. The van der Waals surface area contributed by atoms with Gasteiger partial charge in [0.2, 0.25) is 5.91 Å². The topological polar surface area (TPSA) is 65.5 Å². The fraction of sp³-hybridized carbons (Fsp3) is 0.333. The standard InChI is InChI=1S/C27H26F7N3O2/c1-25(2,17-11-18(26(29,30)31)13-19(12-17)27(32,33)34)24(39)37(3)22-15-36-23(35-9-4-10-38)14-21(22)16-5-7-20(28)8-6-16/h5-8,11-15,38H,4,9-10H2,1-3H3,(H,35,36). The molecule has 2 aromatic carbocycles. The number of halogens is 7. The Labute approximate surface area is 220 Å². The number of amides is 1. The number of aliphatic hydroxyl groups excluding tert-OH is 1. The zero-order valence-corrected chi connectivity index (χ0v) is 21.2. The molecule has 5 nitrogen and oxygen atoms in total. The number of aromatic nitrogens is 1. The second-order valence-electron chi connectivity index (χ2n) is 9.38. The minimum Gasteiger partial charge on any atom is -0.396 e. The molecular weight excluding hydrogens is 531 g/mol. The summed E-state index contributed by atoms with van der Waals surface area (Å²) in [6.45, 7) is 2.78. The predicted molar refractivity (Wildman–Crippen MR) is 133 cm³/mol. The van der Waals surface area contributed by atoms with Crippen LogP contribution in [0.15, 0.2) is 54.7 Å². The lowest BCUT2D eigenvalue weighted by Gasteiger charge is -2.32. The predicted octanol–water partition coefficient (Wildman–Crippen LogP) is 6.66. The van der Waals surface area contributed by atoms with Crippen LogP contribution in [-0.4, -0.2) is 36.2 Å². The number of nitrogens with zero attached hydrogens (tertiary/aromatic N) is 2. The zero-order valence-electron chi connectivity index (χ0n) is 21.2. The molecule has 1 aromatic heterocycles. The Morgan fingerprint density at radius 2 is 1.46 bits per heavy atom. The van der Waals surface area contributed by atoms with E-state index in [1.165, 1.54) is 51.4 Å². The minimum absolute atomic E-state index is 0.00679. The van der Waals surface area contributed by atoms with Crippen molar-refractivity contribution in [2.24, 2.45) is 0 Å². The van der Waals surface area contributed by atoms with E-state index in [4.69, 9.17) is 5.11 Å². The van der Waals surface area contributed by atoms with Gasteiger partial charge < -0.3 is 15.3 Å². The second kappa shape index (κ2) is 11.2. The van der Waals surface area contributed by atoms with E-state index in [0.29, 0.717) is 42.0 Å². The maximum Gasteiger partial charge on any atom is 0.416 e. The van der Waals surface area contributed by atoms with Crippen LogP contribution < -0.4 is 10.2 Å². The van der Waals surface area contributed by atoms with Gasteiger partial charge in [-0.05, 0) is 67.8 Å². The van der Waals surface area contributed by atoms with Crippen LogP contribution in [0.4, 0.5) is 42.2 Å². The van der Waals surface area contributed by atoms with Crippen molar-refractivity contribution in [1.29, 1.82) is 0 Å². The number of nitrogens with one attached hydrogen (secondary N) is 1. The molecule has 0 saturated carbocycles. The number of carbonyl (C=O) groups is 1. The van der Waals surface area contributed by atoms with E-state index in [0.717, 1.165) is 4.90 Å². The molecule has 1 heterocycles. The first-order valence-electron chi connectivity index (χ1n) is 11.7. The fourth-order valence-electron chi connectivity index (χ4n) is 3.94. The molecule has 3 aromatic rings. The lowest BCUT2D eigenvalue weighted by molar-refractivity contribution is -0.143. The van der Waals surface area contributed by atoms with E-state index in [2.05, 4.69) is 10.3 Å². The number of hydrogen-bond donors (Lipinski definition) is 2. The molecule has 0 aliphatic heterocycles. The molecule has 0 saturated heterocycles. The molecule has 12 heteroatoms. The molecular formula is C27H26F7N3O2. The number of benzene rings is 2. The van der Waals surface area contributed by atoms with Gasteiger partial charge in [-0.25, -0.2) is 9.37 Å². The molecule has 39 heavy (non-hydrogen) atoms. The van der Waals surface area contributed by atoms with Crippen molar-refractivity contribution < 1.29 is 40.6 Å². The quantitative estimate of drug-likeness (QED) is 0.240. The zero-order chi connectivity index (χ0) is 29.2. The van der Waals surface area contributed by atoms with Crippen LogP contribution in [0.25, 0.3) is 11.1 Å². The Balaban J connectivity index is 2.09. The number of hydrogen-bond acceptors (Lipinski definition) is 4. The summed E-state index contributed by atoms with van der Waals surface area (Å²) in [7, 11) is 1.32. The molecule has 0 aliphatic rings. The number of pyridine rings is 1. The molecule has 1 amide bonds. The lowest BCUT2D eigenvalue weighted by atomic mass is 9.81. The van der Waals surface area contributed by atoms with E-state index >= 15 is 0 Å². The van der Waals surface area contributed by atoms with E-state index in [9.17, 15) is 35.5 Å². The van der Waals surface area contributed by atoms with Gasteiger partial charge in [-0.3, -0.25) is 4.79 Å². The Hall–Kier alpha value is -3.67. The summed E-state index contributed by atoms with van der Waals surface area (Å²) >= 11 is 0. The number of rotatable bonds is 8. The number of alkyl halides is 6. The third kappa shape index (κ3) is 6.86. The van der Waals surface area contributed by atoms with Crippen molar-refractivity contribution in [3.63, 3.8) is 0 Å². The third-order valence-electron chi connectivity index (χ3n) is 6.19. The Bertz CT molecular complexity index is 1290. The Kier molecular flexibility index (Phi) is 8.59. The second-order valence-corrected chi connectivity index (χ2v) is 9.38. The van der Waals surface area contributed by atoms with Gasteiger partial charge in [-0.1, -0.05) is 12.1 Å². The maximum absolute atomic E-state index is 13.7. The lowest BCUT2D eigenvalue weighted by Crippen LogP contribution is -2.42. The SMILES string of the molecule is CN(C(=O)C(C)(C)c1cc(C(F)(F)F)cc(C(F)(F)F)c1)c1cnc(NCCCO)cc1-c1ccc(F)cc1. The first-order chi connectivity index (χ1) is 18.1. The summed E-state index contributed by atoms with van der Waals surface area (Å²) in [6, 6.07) is 7.96. The maximum atomic E-state index is 13.7. The van der Waals surface area contributed by atoms with Gasteiger partial charge in [-0.2, -0.15) is 26.3 Å². The van der Waals surface area contributed by atoms with Crippen LogP contribution in [0, 0.1) is 5.82 Å². The fourth-order valence-corrected chi connectivity index (χ4v) is 3.94. The minimum atomic E-state index is -5.07. The van der Waals surface area contributed by atoms with Crippen molar-refractivity contribution in [3.05, 3.63) is 77.2 Å². The monoisotopic (exact) mass is 557 g/mol. The molecule has 0 atom stereocenters. The normalized spacial score (nSPS) is 12.4. The highest BCUT2D eigenvalue weighted by atomic mass is 19.4.